The van der Waals surface area contributed by atoms with Crippen LogP contribution in [0.5, 0.6) is 0 Å². The molecule has 0 aliphatic rings. The lowest BCUT2D eigenvalue weighted by atomic mass is 10.1. The second kappa shape index (κ2) is 6.36. The van der Waals surface area contributed by atoms with Gasteiger partial charge in [0.25, 0.3) is 0 Å². The van der Waals surface area contributed by atoms with Gasteiger partial charge in [-0.1, -0.05) is 12.1 Å². The normalized spacial score (nSPS) is 15.9. The number of hydrogen-bond donors (Lipinski definition) is 3. The molecule has 0 amide bonds. The van der Waals surface area contributed by atoms with Crippen LogP contribution in [0.3, 0.4) is 0 Å². The quantitative estimate of drug-likeness (QED) is 0.709. The van der Waals surface area contributed by atoms with Crippen molar-refractivity contribution in [1.29, 1.82) is 5.26 Å². The third-order valence-electron chi connectivity index (χ3n) is 2.73. The van der Waals surface area contributed by atoms with Gasteiger partial charge in [0, 0.05) is 12.6 Å². The van der Waals surface area contributed by atoms with Crippen molar-refractivity contribution in [3.8, 4) is 6.07 Å². The van der Waals surface area contributed by atoms with Crippen LogP contribution >= 0.6 is 0 Å². The van der Waals surface area contributed by atoms with E-state index < -0.39 is 12.2 Å². The first kappa shape index (κ1) is 13.7. The first-order valence-electron chi connectivity index (χ1n) is 5.64. The molecule has 4 nitrogen and oxygen atoms in total. The average molecular weight is 234 g/mol. The molecule has 1 aromatic rings. The Kier molecular flexibility index (Phi) is 5.11. The summed E-state index contributed by atoms with van der Waals surface area (Å²) in [6.07, 6.45) is -1.51. The summed E-state index contributed by atoms with van der Waals surface area (Å²) < 4.78 is 0. The molecule has 0 heterocycles. The maximum absolute atomic E-state index is 9.45. The second-order valence-corrected chi connectivity index (χ2v) is 4.17. The fourth-order valence-corrected chi connectivity index (χ4v) is 1.43. The molecule has 92 valence electrons. The molecule has 0 radical (unpaired) electrons. The monoisotopic (exact) mass is 234 g/mol. The molecule has 3 unspecified atom stereocenters. The molecule has 3 atom stereocenters. The predicted molar refractivity (Wildman–Crippen MR) is 65.3 cm³/mol. The van der Waals surface area contributed by atoms with E-state index in [1.165, 1.54) is 0 Å². The van der Waals surface area contributed by atoms with Crippen LogP contribution in [0.4, 0.5) is 0 Å². The largest absolute Gasteiger partial charge is 0.391 e. The summed E-state index contributed by atoms with van der Waals surface area (Å²) in [5.41, 5.74) is 1.67. The van der Waals surface area contributed by atoms with Crippen LogP contribution < -0.4 is 5.32 Å². The van der Waals surface area contributed by atoms with Crippen molar-refractivity contribution in [2.45, 2.75) is 32.1 Å². The lowest BCUT2D eigenvalue weighted by Gasteiger charge is -2.19. The topological polar surface area (TPSA) is 76.3 Å². The Balaban J connectivity index is 2.52. The summed E-state index contributed by atoms with van der Waals surface area (Å²) in [6.45, 7) is 3.85. The number of benzene rings is 1. The van der Waals surface area contributed by atoms with Crippen molar-refractivity contribution in [2.24, 2.45) is 0 Å². The number of aliphatic hydroxyl groups excluding tert-OH is 2. The third-order valence-corrected chi connectivity index (χ3v) is 2.73. The Morgan fingerprint density at radius 2 is 1.82 bits per heavy atom. The fourth-order valence-electron chi connectivity index (χ4n) is 1.43. The average Bonchev–Trinajstić information content (AvgIpc) is 2.35. The summed E-state index contributed by atoms with van der Waals surface area (Å²) >= 11 is 0. The number of aliphatic hydroxyl groups is 2. The van der Waals surface area contributed by atoms with Crippen LogP contribution in [0, 0.1) is 11.3 Å². The molecule has 0 spiro atoms. The Bertz CT molecular complexity index is 381. The van der Waals surface area contributed by atoms with Crippen molar-refractivity contribution in [3.63, 3.8) is 0 Å². The molecule has 1 aromatic carbocycles. The zero-order valence-electron chi connectivity index (χ0n) is 10.1. The molecule has 3 N–H and O–H groups in total. The molecule has 17 heavy (non-hydrogen) atoms. The van der Waals surface area contributed by atoms with Gasteiger partial charge in [-0.3, -0.25) is 0 Å². The lowest BCUT2D eigenvalue weighted by molar-refractivity contribution is 0.0305. The highest BCUT2D eigenvalue weighted by atomic mass is 16.3. The summed E-state index contributed by atoms with van der Waals surface area (Å²) in [5.74, 6) is 0. The molecule has 4 heteroatoms. The highest BCUT2D eigenvalue weighted by Crippen LogP contribution is 2.13. The van der Waals surface area contributed by atoms with Gasteiger partial charge in [0.1, 0.15) is 0 Å². The van der Waals surface area contributed by atoms with Gasteiger partial charge in [0.05, 0.1) is 23.8 Å². The zero-order chi connectivity index (χ0) is 12.8. The summed E-state index contributed by atoms with van der Waals surface area (Å²) in [4.78, 5) is 0. The van der Waals surface area contributed by atoms with Crippen molar-refractivity contribution in [2.75, 3.05) is 6.54 Å². The van der Waals surface area contributed by atoms with Crippen molar-refractivity contribution >= 4 is 0 Å². The minimum Gasteiger partial charge on any atom is -0.391 e. The van der Waals surface area contributed by atoms with Crippen LogP contribution in [0.25, 0.3) is 0 Å². The SMILES string of the molecule is CC(NCC(O)C(C)O)c1ccc(C#N)cc1. The third kappa shape index (κ3) is 4.16. The first-order chi connectivity index (χ1) is 8.04. The van der Waals surface area contributed by atoms with E-state index in [2.05, 4.69) is 11.4 Å². The number of hydrogen-bond acceptors (Lipinski definition) is 4. The fraction of sp³-hybridized carbons (Fsp3) is 0.462. The molecule has 0 bridgehead atoms. The minimum atomic E-state index is -0.768. The Labute approximate surface area is 102 Å². The maximum atomic E-state index is 9.45. The van der Waals surface area contributed by atoms with E-state index in [4.69, 9.17) is 10.4 Å². The lowest BCUT2D eigenvalue weighted by Crippen LogP contribution is -2.35. The summed E-state index contributed by atoms with van der Waals surface area (Å²) in [7, 11) is 0. The van der Waals surface area contributed by atoms with E-state index in [1.54, 1.807) is 19.1 Å². The van der Waals surface area contributed by atoms with E-state index >= 15 is 0 Å². The molecular formula is C13H18N2O2. The van der Waals surface area contributed by atoms with Gasteiger partial charge in [-0.05, 0) is 31.5 Å². The highest BCUT2D eigenvalue weighted by molar-refractivity contribution is 5.32. The van der Waals surface area contributed by atoms with Crippen molar-refractivity contribution < 1.29 is 10.2 Å². The van der Waals surface area contributed by atoms with Crippen LogP contribution in [0.1, 0.15) is 31.0 Å². The predicted octanol–water partition coefficient (Wildman–Crippen LogP) is 0.951. The van der Waals surface area contributed by atoms with Gasteiger partial charge in [0.2, 0.25) is 0 Å². The van der Waals surface area contributed by atoms with E-state index in [0.29, 0.717) is 12.1 Å². The number of nitrogens with zero attached hydrogens (tertiary/aromatic N) is 1. The second-order valence-electron chi connectivity index (χ2n) is 4.17. The first-order valence-corrected chi connectivity index (χ1v) is 5.64. The molecule has 0 aliphatic carbocycles. The Morgan fingerprint density at radius 1 is 1.24 bits per heavy atom. The van der Waals surface area contributed by atoms with Crippen LogP contribution in [0.2, 0.25) is 0 Å². The number of nitrogens with one attached hydrogen (secondary N) is 1. The molecule has 0 aromatic heterocycles. The standard InChI is InChI=1S/C13H18N2O2/c1-9(15-8-13(17)10(2)16)12-5-3-11(7-14)4-6-12/h3-6,9-10,13,15-17H,8H2,1-2H3. The Hall–Kier alpha value is -1.41. The van der Waals surface area contributed by atoms with Crippen molar-refractivity contribution in [1.82, 2.24) is 5.32 Å². The van der Waals surface area contributed by atoms with Gasteiger partial charge < -0.3 is 15.5 Å². The maximum Gasteiger partial charge on any atom is 0.0991 e. The number of nitriles is 1. The van der Waals surface area contributed by atoms with Gasteiger partial charge in [0.15, 0.2) is 0 Å². The molecule has 0 fully saturated rings. The van der Waals surface area contributed by atoms with E-state index in [9.17, 15) is 5.11 Å². The summed E-state index contributed by atoms with van der Waals surface area (Å²) in [5, 5.41) is 30.4. The van der Waals surface area contributed by atoms with Crippen LogP contribution in [-0.4, -0.2) is 29.0 Å². The summed E-state index contributed by atoms with van der Waals surface area (Å²) in [6, 6.07) is 9.42. The molecule has 0 saturated heterocycles. The van der Waals surface area contributed by atoms with Gasteiger partial charge in [-0.25, -0.2) is 0 Å². The number of rotatable bonds is 5. The Morgan fingerprint density at radius 3 is 2.29 bits per heavy atom. The minimum absolute atomic E-state index is 0.0659. The van der Waals surface area contributed by atoms with Gasteiger partial charge >= 0.3 is 0 Å². The molecule has 0 aliphatic heterocycles. The van der Waals surface area contributed by atoms with E-state index in [1.807, 2.05) is 19.1 Å². The van der Waals surface area contributed by atoms with Crippen LogP contribution in [0.15, 0.2) is 24.3 Å². The van der Waals surface area contributed by atoms with Gasteiger partial charge in [-0.15, -0.1) is 0 Å². The van der Waals surface area contributed by atoms with Crippen molar-refractivity contribution in [3.05, 3.63) is 35.4 Å². The van der Waals surface area contributed by atoms with E-state index in [-0.39, 0.29) is 6.04 Å². The smallest absolute Gasteiger partial charge is 0.0991 e. The van der Waals surface area contributed by atoms with Crippen LogP contribution in [-0.2, 0) is 0 Å². The zero-order valence-corrected chi connectivity index (χ0v) is 10.1. The van der Waals surface area contributed by atoms with Gasteiger partial charge in [-0.2, -0.15) is 5.26 Å². The molecule has 0 saturated carbocycles. The molecular weight excluding hydrogens is 216 g/mol. The molecule has 1 rings (SSSR count). The highest BCUT2D eigenvalue weighted by Gasteiger charge is 2.12. The van der Waals surface area contributed by atoms with E-state index in [0.717, 1.165) is 5.56 Å².